The summed E-state index contributed by atoms with van der Waals surface area (Å²) in [6.45, 7) is 3.85. The Morgan fingerprint density at radius 2 is 2.26 bits per heavy atom. The Labute approximate surface area is 114 Å². The van der Waals surface area contributed by atoms with Crippen molar-refractivity contribution >= 4 is 12.8 Å². The monoisotopic (exact) mass is 263 g/mol. The van der Waals surface area contributed by atoms with Gasteiger partial charge in [-0.3, -0.25) is 4.98 Å². The molecule has 1 aliphatic rings. The summed E-state index contributed by atoms with van der Waals surface area (Å²) in [7, 11) is -1.20. The van der Waals surface area contributed by atoms with Gasteiger partial charge in [-0.15, -0.1) is 0 Å². The largest absolute Gasteiger partial charge is 0.451 e. The van der Waals surface area contributed by atoms with E-state index < -0.39 is 7.12 Å². The fourth-order valence-electron chi connectivity index (χ4n) is 2.75. The summed E-state index contributed by atoms with van der Waals surface area (Å²) in [5.41, 5.74) is 8.56. The van der Waals surface area contributed by atoms with Crippen LogP contribution in [0.25, 0.3) is 0 Å². The first-order valence-electron chi connectivity index (χ1n) is 6.85. The lowest BCUT2D eigenvalue weighted by Crippen LogP contribution is -2.29. The van der Waals surface area contributed by atoms with Crippen molar-refractivity contribution in [2.75, 3.05) is 18.0 Å². The molecule has 0 spiro atoms. The van der Waals surface area contributed by atoms with Crippen molar-refractivity contribution in [2.45, 2.75) is 32.1 Å². The molecular weight excluding hydrogens is 241 g/mol. The highest BCUT2D eigenvalue weighted by molar-refractivity contribution is 6.40. The second kappa shape index (κ2) is 6.37. The Kier molecular flexibility index (Phi) is 4.79. The number of hydrogen-bond acceptors (Lipinski definition) is 5. The van der Waals surface area contributed by atoms with Gasteiger partial charge in [-0.2, -0.15) is 0 Å². The number of pyridine rings is 1. The van der Waals surface area contributed by atoms with Crippen LogP contribution in [0.2, 0.25) is 6.32 Å². The van der Waals surface area contributed by atoms with Crippen LogP contribution in [0.5, 0.6) is 0 Å². The van der Waals surface area contributed by atoms with Crippen molar-refractivity contribution in [3.05, 3.63) is 24.0 Å². The number of aromatic nitrogens is 1. The van der Waals surface area contributed by atoms with E-state index in [1.165, 1.54) is 5.56 Å². The predicted octanol–water partition coefficient (Wildman–Crippen LogP) is 0.407. The molecule has 6 heteroatoms. The van der Waals surface area contributed by atoms with Crippen LogP contribution in [0.15, 0.2) is 18.5 Å². The van der Waals surface area contributed by atoms with Gasteiger partial charge in [-0.25, -0.2) is 0 Å². The second-order valence-corrected chi connectivity index (χ2v) is 5.40. The Morgan fingerprint density at radius 1 is 1.47 bits per heavy atom. The third-order valence-corrected chi connectivity index (χ3v) is 3.88. The van der Waals surface area contributed by atoms with E-state index in [1.54, 1.807) is 6.20 Å². The Morgan fingerprint density at radius 3 is 2.95 bits per heavy atom. The molecule has 0 bridgehead atoms. The van der Waals surface area contributed by atoms with Crippen LogP contribution in [0.1, 0.15) is 18.4 Å². The van der Waals surface area contributed by atoms with Gasteiger partial charge in [-0.05, 0) is 37.2 Å². The molecule has 0 amide bonds. The van der Waals surface area contributed by atoms with Crippen LogP contribution in [-0.4, -0.2) is 41.3 Å². The van der Waals surface area contributed by atoms with E-state index in [4.69, 9.17) is 15.8 Å². The minimum absolute atomic E-state index is 0.149. The lowest BCUT2D eigenvalue weighted by atomic mass is 9.82. The second-order valence-electron chi connectivity index (χ2n) is 5.40. The van der Waals surface area contributed by atoms with Gasteiger partial charge in [0.1, 0.15) is 0 Å². The molecule has 1 saturated heterocycles. The zero-order chi connectivity index (χ0) is 13.8. The van der Waals surface area contributed by atoms with E-state index in [1.807, 2.05) is 12.3 Å². The number of nitrogens with zero attached hydrogens (tertiary/aromatic N) is 2. The van der Waals surface area contributed by atoms with Crippen molar-refractivity contribution in [3.8, 4) is 0 Å². The van der Waals surface area contributed by atoms with Crippen LogP contribution in [0, 0.1) is 12.8 Å². The van der Waals surface area contributed by atoms with Gasteiger partial charge in [0.05, 0.1) is 11.9 Å². The van der Waals surface area contributed by atoms with Gasteiger partial charge in [0.15, 0.2) is 0 Å². The highest BCUT2D eigenvalue weighted by Crippen LogP contribution is 2.28. The van der Waals surface area contributed by atoms with Crippen molar-refractivity contribution in [1.82, 2.24) is 4.98 Å². The molecule has 2 rings (SSSR count). The molecule has 2 heterocycles. The highest BCUT2D eigenvalue weighted by Gasteiger charge is 2.30. The molecule has 4 N–H and O–H groups in total. The molecule has 0 aliphatic carbocycles. The van der Waals surface area contributed by atoms with Gasteiger partial charge in [0, 0.05) is 25.3 Å². The predicted molar refractivity (Wildman–Crippen MR) is 76.9 cm³/mol. The summed E-state index contributed by atoms with van der Waals surface area (Å²) in [5, 5.41) is 17.7. The van der Waals surface area contributed by atoms with Gasteiger partial charge >= 0.3 is 7.12 Å². The number of rotatable bonds is 5. The molecule has 0 saturated carbocycles. The molecule has 0 unspecified atom stereocenters. The van der Waals surface area contributed by atoms with E-state index in [0.29, 0.717) is 12.2 Å². The average Bonchev–Trinajstić information content (AvgIpc) is 2.71. The quantitative estimate of drug-likeness (QED) is 0.670. The third-order valence-electron chi connectivity index (χ3n) is 3.88. The molecule has 1 aliphatic heterocycles. The van der Waals surface area contributed by atoms with Gasteiger partial charge in [0.2, 0.25) is 0 Å². The topological polar surface area (TPSA) is 82.6 Å². The molecule has 5 nitrogen and oxygen atoms in total. The zero-order valence-corrected chi connectivity index (χ0v) is 11.4. The summed E-state index contributed by atoms with van der Waals surface area (Å²) < 4.78 is 0. The van der Waals surface area contributed by atoms with Crippen molar-refractivity contribution < 1.29 is 10.0 Å². The molecule has 1 aromatic heterocycles. The minimum Gasteiger partial charge on any atom is -0.427 e. The smallest absolute Gasteiger partial charge is 0.427 e. The molecular formula is C13H22BN3O2. The summed E-state index contributed by atoms with van der Waals surface area (Å²) >= 11 is 0. The fourth-order valence-corrected chi connectivity index (χ4v) is 2.75. The van der Waals surface area contributed by atoms with E-state index >= 15 is 0 Å². The summed E-state index contributed by atoms with van der Waals surface area (Å²) in [5.74, 6) is 0.415. The van der Waals surface area contributed by atoms with E-state index in [0.717, 1.165) is 31.6 Å². The van der Waals surface area contributed by atoms with Crippen LogP contribution < -0.4 is 10.6 Å². The minimum atomic E-state index is -1.20. The van der Waals surface area contributed by atoms with Crippen LogP contribution in [0.3, 0.4) is 0 Å². The first-order valence-corrected chi connectivity index (χ1v) is 6.85. The highest BCUT2D eigenvalue weighted by atomic mass is 16.4. The third kappa shape index (κ3) is 3.68. The summed E-state index contributed by atoms with van der Waals surface area (Å²) in [6.07, 6.45) is 5.86. The summed E-state index contributed by atoms with van der Waals surface area (Å²) in [4.78, 5) is 6.46. The van der Waals surface area contributed by atoms with Crippen molar-refractivity contribution in [2.24, 2.45) is 11.7 Å². The first-order chi connectivity index (χ1) is 9.08. The van der Waals surface area contributed by atoms with Crippen molar-refractivity contribution in [1.29, 1.82) is 0 Å². The number of hydrogen-bond donors (Lipinski definition) is 3. The maximum absolute atomic E-state index is 8.86. The maximum Gasteiger partial charge on any atom is 0.451 e. The normalized spacial score (nSPS) is 22.8. The van der Waals surface area contributed by atoms with Gasteiger partial charge < -0.3 is 20.7 Å². The molecule has 2 atom stereocenters. The molecule has 1 aromatic rings. The van der Waals surface area contributed by atoms with Gasteiger partial charge in [-0.1, -0.05) is 6.42 Å². The fraction of sp³-hybridized carbons (Fsp3) is 0.615. The SMILES string of the molecule is Cc1ccncc1N1C[C@H](CCCB(O)O)[C@@H](N)C1. The Balaban J connectivity index is 1.92. The van der Waals surface area contributed by atoms with E-state index in [-0.39, 0.29) is 6.04 Å². The van der Waals surface area contributed by atoms with E-state index in [2.05, 4.69) is 16.8 Å². The maximum atomic E-state index is 8.86. The number of anilines is 1. The Bertz CT molecular complexity index is 417. The standard InChI is InChI=1S/C13H22BN3O2/c1-10-4-6-16-7-13(10)17-8-11(12(15)9-17)3-2-5-14(18)19/h4,6-7,11-12,18-19H,2-3,5,8-9,15H2,1H3/t11-,12-/m0/s1. The number of aryl methyl sites for hydroxylation is 1. The number of nitrogens with two attached hydrogens (primary N) is 1. The van der Waals surface area contributed by atoms with Crippen LogP contribution in [-0.2, 0) is 0 Å². The summed E-state index contributed by atoms with van der Waals surface area (Å²) in [6, 6.07) is 2.16. The van der Waals surface area contributed by atoms with Crippen LogP contribution >= 0.6 is 0 Å². The molecule has 0 radical (unpaired) electrons. The van der Waals surface area contributed by atoms with Crippen molar-refractivity contribution in [3.63, 3.8) is 0 Å². The molecule has 19 heavy (non-hydrogen) atoms. The lowest BCUT2D eigenvalue weighted by Gasteiger charge is -2.20. The molecule has 104 valence electrons. The lowest BCUT2D eigenvalue weighted by molar-refractivity contribution is 0.394. The molecule has 1 fully saturated rings. The molecule has 0 aromatic carbocycles. The van der Waals surface area contributed by atoms with Gasteiger partial charge in [0.25, 0.3) is 0 Å². The average molecular weight is 263 g/mol. The van der Waals surface area contributed by atoms with Crippen LogP contribution in [0.4, 0.5) is 5.69 Å². The first kappa shape index (κ1) is 14.3. The zero-order valence-electron chi connectivity index (χ0n) is 11.4. The van der Waals surface area contributed by atoms with E-state index in [9.17, 15) is 0 Å². The Hall–Kier alpha value is -1.11.